The third-order valence-corrected chi connectivity index (χ3v) is 7.96. The zero-order chi connectivity index (χ0) is 25.0. The summed E-state index contributed by atoms with van der Waals surface area (Å²) in [6, 6.07) is 36.7. The van der Waals surface area contributed by atoms with Gasteiger partial charge in [0.2, 0.25) is 0 Å². The molecule has 0 unspecified atom stereocenters. The lowest BCUT2D eigenvalue weighted by Gasteiger charge is -2.40. The number of para-hydroxylation sites is 3. The van der Waals surface area contributed by atoms with E-state index in [1.807, 2.05) is 85.8 Å². The van der Waals surface area contributed by atoms with E-state index < -0.39 is 10.0 Å². The number of hydrogen-bond acceptors (Lipinski definition) is 4. The molecule has 4 aromatic rings. The molecule has 0 aromatic heterocycles. The standard InChI is InChI=1S/C30H29N3O2S/c1-25-17-19-30(20-18-25)36(34,35)33(29-15-9-4-10-16-29)23-26-21-31(27-11-5-2-6-12-27)24-32(22-26)28-13-7-3-8-14-28/h2-20,23H,21-22,24H2,1H3. The van der Waals surface area contributed by atoms with E-state index in [1.165, 1.54) is 4.31 Å². The van der Waals surface area contributed by atoms with Crippen LogP contribution in [0.4, 0.5) is 17.1 Å². The minimum atomic E-state index is -3.81. The van der Waals surface area contributed by atoms with Crippen LogP contribution in [0.1, 0.15) is 5.56 Å². The Morgan fingerprint density at radius 3 is 1.64 bits per heavy atom. The maximum absolute atomic E-state index is 13.9. The summed E-state index contributed by atoms with van der Waals surface area (Å²) >= 11 is 0. The van der Waals surface area contributed by atoms with Gasteiger partial charge in [-0.2, -0.15) is 0 Å². The Balaban J connectivity index is 1.58. The molecule has 0 bridgehead atoms. The molecular weight excluding hydrogens is 466 g/mol. The van der Waals surface area contributed by atoms with Crippen LogP contribution in [0.2, 0.25) is 0 Å². The largest absolute Gasteiger partial charge is 0.350 e. The smallest absolute Gasteiger partial charge is 0.268 e. The van der Waals surface area contributed by atoms with Crippen LogP contribution in [-0.2, 0) is 10.0 Å². The van der Waals surface area contributed by atoms with Gasteiger partial charge in [0.05, 0.1) is 17.3 Å². The lowest BCUT2D eigenvalue weighted by molar-refractivity contribution is 0.595. The third kappa shape index (κ3) is 5.14. The van der Waals surface area contributed by atoms with Crippen molar-refractivity contribution in [1.29, 1.82) is 0 Å². The summed E-state index contributed by atoms with van der Waals surface area (Å²) < 4.78 is 29.2. The van der Waals surface area contributed by atoms with Gasteiger partial charge in [-0.05, 0) is 61.0 Å². The normalized spacial score (nSPS) is 14.0. The Morgan fingerprint density at radius 2 is 1.14 bits per heavy atom. The van der Waals surface area contributed by atoms with Crippen molar-refractivity contribution in [2.24, 2.45) is 0 Å². The molecule has 5 rings (SSSR count). The van der Waals surface area contributed by atoms with Crippen LogP contribution < -0.4 is 14.1 Å². The first-order valence-electron chi connectivity index (χ1n) is 12.0. The highest BCUT2D eigenvalue weighted by Gasteiger charge is 2.27. The summed E-state index contributed by atoms with van der Waals surface area (Å²) in [6.45, 7) is 3.91. The second kappa shape index (κ2) is 10.3. The molecule has 6 heteroatoms. The van der Waals surface area contributed by atoms with E-state index in [-0.39, 0.29) is 4.90 Å². The molecule has 0 aliphatic carbocycles. The fraction of sp³-hybridized carbons (Fsp3) is 0.133. The predicted octanol–water partition coefficient (Wildman–Crippen LogP) is 6.06. The van der Waals surface area contributed by atoms with Gasteiger partial charge in [0.25, 0.3) is 10.0 Å². The second-order valence-electron chi connectivity index (χ2n) is 8.95. The Morgan fingerprint density at radius 1 is 0.667 bits per heavy atom. The molecule has 0 atom stereocenters. The monoisotopic (exact) mass is 495 g/mol. The number of anilines is 3. The Bertz CT molecular complexity index is 1370. The first-order chi connectivity index (χ1) is 17.5. The maximum atomic E-state index is 13.9. The quantitative estimate of drug-likeness (QED) is 0.326. The van der Waals surface area contributed by atoms with E-state index in [2.05, 4.69) is 34.1 Å². The molecule has 1 aliphatic heterocycles. The van der Waals surface area contributed by atoms with E-state index in [9.17, 15) is 8.42 Å². The highest BCUT2D eigenvalue weighted by atomic mass is 32.2. The van der Waals surface area contributed by atoms with Crippen molar-refractivity contribution in [3.8, 4) is 0 Å². The first kappa shape index (κ1) is 23.7. The van der Waals surface area contributed by atoms with Crippen LogP contribution in [0.15, 0.2) is 132 Å². The summed E-state index contributed by atoms with van der Waals surface area (Å²) in [5.74, 6) is 0. The number of rotatable bonds is 6. The van der Waals surface area contributed by atoms with Gasteiger partial charge in [-0.1, -0.05) is 72.3 Å². The SMILES string of the molecule is Cc1ccc(S(=O)(=O)N(C=C2CN(c3ccccc3)CN(c3ccccc3)C2)c2ccccc2)cc1. The van der Waals surface area contributed by atoms with Gasteiger partial charge < -0.3 is 9.80 Å². The van der Waals surface area contributed by atoms with Crippen LogP contribution in [0, 0.1) is 6.92 Å². The number of hydrogen-bond donors (Lipinski definition) is 0. The molecule has 4 aromatic carbocycles. The molecule has 1 aliphatic rings. The van der Waals surface area contributed by atoms with Crippen molar-refractivity contribution in [1.82, 2.24) is 0 Å². The molecule has 0 saturated carbocycles. The minimum Gasteiger partial charge on any atom is -0.350 e. The highest BCUT2D eigenvalue weighted by Crippen LogP contribution is 2.29. The van der Waals surface area contributed by atoms with Crippen molar-refractivity contribution >= 4 is 27.1 Å². The van der Waals surface area contributed by atoms with Gasteiger partial charge in [-0.15, -0.1) is 0 Å². The highest BCUT2D eigenvalue weighted by molar-refractivity contribution is 7.93. The van der Waals surface area contributed by atoms with Gasteiger partial charge in [0, 0.05) is 30.7 Å². The van der Waals surface area contributed by atoms with Gasteiger partial charge in [-0.25, -0.2) is 12.7 Å². The van der Waals surface area contributed by atoms with Crippen LogP contribution in [0.25, 0.3) is 0 Å². The molecule has 0 N–H and O–H groups in total. The molecule has 0 radical (unpaired) electrons. The molecule has 1 fully saturated rings. The maximum Gasteiger partial charge on any atom is 0.268 e. The molecule has 5 nitrogen and oxygen atoms in total. The molecule has 1 saturated heterocycles. The number of aryl methyl sites for hydroxylation is 1. The van der Waals surface area contributed by atoms with Gasteiger partial charge in [0.1, 0.15) is 0 Å². The molecular formula is C30H29N3O2S. The average molecular weight is 496 g/mol. The van der Waals surface area contributed by atoms with Gasteiger partial charge in [0.15, 0.2) is 0 Å². The van der Waals surface area contributed by atoms with Crippen molar-refractivity contribution in [2.75, 3.05) is 33.9 Å². The fourth-order valence-corrected chi connectivity index (χ4v) is 5.79. The number of nitrogens with zero attached hydrogens (tertiary/aromatic N) is 3. The van der Waals surface area contributed by atoms with Crippen LogP contribution >= 0.6 is 0 Å². The molecule has 36 heavy (non-hydrogen) atoms. The molecule has 0 amide bonds. The van der Waals surface area contributed by atoms with E-state index in [0.29, 0.717) is 25.4 Å². The average Bonchev–Trinajstić information content (AvgIpc) is 2.93. The molecule has 0 spiro atoms. The van der Waals surface area contributed by atoms with Crippen molar-refractivity contribution in [3.05, 3.63) is 133 Å². The lowest BCUT2D eigenvalue weighted by atomic mass is 10.1. The van der Waals surface area contributed by atoms with E-state index >= 15 is 0 Å². The van der Waals surface area contributed by atoms with E-state index in [0.717, 1.165) is 22.5 Å². The van der Waals surface area contributed by atoms with E-state index in [4.69, 9.17) is 0 Å². The van der Waals surface area contributed by atoms with Crippen molar-refractivity contribution in [2.45, 2.75) is 11.8 Å². The van der Waals surface area contributed by atoms with Crippen LogP contribution in [0.5, 0.6) is 0 Å². The van der Waals surface area contributed by atoms with Crippen molar-refractivity contribution in [3.63, 3.8) is 0 Å². The summed E-state index contributed by atoms with van der Waals surface area (Å²) in [4.78, 5) is 4.80. The van der Waals surface area contributed by atoms with E-state index in [1.54, 1.807) is 18.3 Å². The van der Waals surface area contributed by atoms with Crippen LogP contribution in [-0.4, -0.2) is 28.2 Å². The Hall–Kier alpha value is -4.03. The van der Waals surface area contributed by atoms with Crippen molar-refractivity contribution < 1.29 is 8.42 Å². The number of sulfonamides is 1. The van der Waals surface area contributed by atoms with Gasteiger partial charge >= 0.3 is 0 Å². The first-order valence-corrected chi connectivity index (χ1v) is 13.4. The number of benzene rings is 4. The summed E-state index contributed by atoms with van der Waals surface area (Å²) in [7, 11) is -3.81. The molecule has 182 valence electrons. The van der Waals surface area contributed by atoms with Gasteiger partial charge in [-0.3, -0.25) is 0 Å². The van der Waals surface area contributed by atoms with Crippen LogP contribution in [0.3, 0.4) is 0 Å². The zero-order valence-electron chi connectivity index (χ0n) is 20.2. The second-order valence-corrected chi connectivity index (χ2v) is 10.8. The summed E-state index contributed by atoms with van der Waals surface area (Å²) in [5, 5.41) is 0. The topological polar surface area (TPSA) is 43.9 Å². The fourth-order valence-electron chi connectivity index (χ4n) is 4.40. The molecule has 1 heterocycles. The zero-order valence-corrected chi connectivity index (χ0v) is 21.1. The third-order valence-electron chi connectivity index (χ3n) is 6.26. The summed E-state index contributed by atoms with van der Waals surface area (Å²) in [6.07, 6.45) is 1.80. The minimum absolute atomic E-state index is 0.268. The lowest BCUT2D eigenvalue weighted by Crippen LogP contribution is -2.47. The summed E-state index contributed by atoms with van der Waals surface area (Å²) in [5.41, 5.74) is 4.80. The predicted molar refractivity (Wildman–Crippen MR) is 148 cm³/mol. The Labute approximate surface area is 213 Å². The Kier molecular flexibility index (Phi) is 6.78.